The van der Waals surface area contributed by atoms with Crippen LogP contribution < -0.4 is 15.5 Å². The smallest absolute Gasteiger partial charge is 0.300 e. The average Bonchev–Trinajstić information content (AvgIpc) is 2.76. The Labute approximate surface area is 124 Å². The van der Waals surface area contributed by atoms with Crippen LogP contribution in [0.5, 0.6) is 0 Å². The number of rotatable bonds is 1. The molecule has 1 spiro atoms. The van der Waals surface area contributed by atoms with Crippen LogP contribution in [0.2, 0.25) is 0 Å². The van der Waals surface area contributed by atoms with Crippen molar-refractivity contribution in [3.8, 4) is 0 Å². The van der Waals surface area contributed by atoms with Crippen molar-refractivity contribution in [2.75, 3.05) is 24.5 Å². The van der Waals surface area contributed by atoms with Gasteiger partial charge in [0.1, 0.15) is 5.66 Å². The SMILES string of the molecule is CC(=O)O.O=C1CN(c2ccccc2)C2(CCNCC2)N1. The largest absolute Gasteiger partial charge is 0.481 e. The maximum atomic E-state index is 11.7. The highest BCUT2D eigenvalue weighted by Gasteiger charge is 2.45. The molecule has 2 aliphatic rings. The van der Waals surface area contributed by atoms with Gasteiger partial charge < -0.3 is 20.6 Å². The van der Waals surface area contributed by atoms with Gasteiger partial charge in [-0.1, -0.05) is 18.2 Å². The van der Waals surface area contributed by atoms with Crippen molar-refractivity contribution in [2.45, 2.75) is 25.4 Å². The Hall–Kier alpha value is -2.08. The van der Waals surface area contributed by atoms with Crippen LogP contribution in [0.3, 0.4) is 0 Å². The van der Waals surface area contributed by atoms with Crippen LogP contribution in [-0.2, 0) is 9.59 Å². The molecular formula is C15H21N3O3. The third-order valence-electron chi connectivity index (χ3n) is 3.69. The van der Waals surface area contributed by atoms with Crippen LogP contribution in [0.25, 0.3) is 0 Å². The molecule has 3 rings (SSSR count). The van der Waals surface area contributed by atoms with Crippen molar-refractivity contribution in [1.29, 1.82) is 0 Å². The third-order valence-corrected chi connectivity index (χ3v) is 3.69. The Balaban J connectivity index is 0.000000361. The van der Waals surface area contributed by atoms with E-state index >= 15 is 0 Å². The van der Waals surface area contributed by atoms with Crippen LogP contribution >= 0.6 is 0 Å². The van der Waals surface area contributed by atoms with Gasteiger partial charge in [0.05, 0.1) is 6.54 Å². The van der Waals surface area contributed by atoms with Gasteiger partial charge in [0.2, 0.25) is 5.91 Å². The van der Waals surface area contributed by atoms with Crippen molar-refractivity contribution in [2.24, 2.45) is 0 Å². The number of carboxylic acids is 1. The Morgan fingerprint density at radius 3 is 2.38 bits per heavy atom. The van der Waals surface area contributed by atoms with Crippen molar-refractivity contribution in [3.63, 3.8) is 0 Å². The second-order valence-corrected chi connectivity index (χ2v) is 5.27. The summed E-state index contributed by atoms with van der Waals surface area (Å²) in [5.74, 6) is -0.698. The van der Waals surface area contributed by atoms with Gasteiger partial charge in [-0.3, -0.25) is 9.59 Å². The molecular weight excluding hydrogens is 270 g/mol. The Morgan fingerprint density at radius 2 is 1.81 bits per heavy atom. The molecule has 2 saturated heterocycles. The lowest BCUT2D eigenvalue weighted by atomic mass is 9.97. The molecule has 0 aromatic heterocycles. The molecule has 3 N–H and O–H groups in total. The van der Waals surface area contributed by atoms with E-state index in [1.54, 1.807) is 0 Å². The van der Waals surface area contributed by atoms with Gasteiger partial charge in [0.15, 0.2) is 0 Å². The normalized spacial score (nSPS) is 19.7. The third kappa shape index (κ3) is 3.72. The highest BCUT2D eigenvalue weighted by atomic mass is 16.4. The summed E-state index contributed by atoms with van der Waals surface area (Å²) in [7, 11) is 0. The summed E-state index contributed by atoms with van der Waals surface area (Å²) in [6.07, 6.45) is 1.93. The Bertz CT molecular complexity index is 494. The van der Waals surface area contributed by atoms with Crippen LogP contribution in [0.15, 0.2) is 30.3 Å². The number of nitrogens with zero attached hydrogens (tertiary/aromatic N) is 1. The number of amides is 1. The molecule has 2 aliphatic heterocycles. The van der Waals surface area contributed by atoms with Crippen molar-refractivity contribution in [3.05, 3.63) is 30.3 Å². The molecule has 0 unspecified atom stereocenters. The number of hydrogen-bond acceptors (Lipinski definition) is 4. The van der Waals surface area contributed by atoms with E-state index in [-0.39, 0.29) is 11.6 Å². The van der Waals surface area contributed by atoms with E-state index in [0.29, 0.717) is 6.54 Å². The first-order valence-electron chi connectivity index (χ1n) is 7.07. The van der Waals surface area contributed by atoms with E-state index in [1.165, 1.54) is 0 Å². The quantitative estimate of drug-likeness (QED) is 0.713. The molecule has 0 radical (unpaired) electrons. The van der Waals surface area contributed by atoms with Gasteiger partial charge in [-0.05, 0) is 25.2 Å². The number of carbonyl (C=O) groups excluding carboxylic acids is 1. The van der Waals surface area contributed by atoms with Crippen molar-refractivity contribution in [1.82, 2.24) is 10.6 Å². The van der Waals surface area contributed by atoms with Gasteiger partial charge in [-0.15, -0.1) is 0 Å². The first kappa shape index (κ1) is 15.3. The van der Waals surface area contributed by atoms with Gasteiger partial charge in [0, 0.05) is 25.5 Å². The maximum Gasteiger partial charge on any atom is 0.300 e. The fourth-order valence-electron chi connectivity index (χ4n) is 2.84. The zero-order chi connectivity index (χ0) is 15.3. The number of nitrogens with one attached hydrogen (secondary N) is 2. The van der Waals surface area contributed by atoms with E-state index in [4.69, 9.17) is 9.90 Å². The lowest BCUT2D eigenvalue weighted by Crippen LogP contribution is -2.57. The first-order valence-corrected chi connectivity index (χ1v) is 7.07. The number of aliphatic carboxylic acids is 1. The zero-order valence-electron chi connectivity index (χ0n) is 12.1. The molecule has 6 nitrogen and oxygen atoms in total. The summed E-state index contributed by atoms with van der Waals surface area (Å²) in [6.45, 7) is 3.48. The number of para-hydroxylation sites is 1. The Morgan fingerprint density at radius 1 is 1.24 bits per heavy atom. The Kier molecular flexibility index (Phi) is 4.80. The highest BCUT2D eigenvalue weighted by Crippen LogP contribution is 2.32. The number of carbonyl (C=O) groups is 2. The first-order chi connectivity index (χ1) is 10.0. The van der Waals surface area contributed by atoms with Crippen molar-refractivity contribution >= 4 is 17.6 Å². The monoisotopic (exact) mass is 291 g/mol. The fourth-order valence-corrected chi connectivity index (χ4v) is 2.84. The lowest BCUT2D eigenvalue weighted by Gasteiger charge is -2.42. The highest BCUT2D eigenvalue weighted by molar-refractivity contribution is 5.86. The van der Waals surface area contributed by atoms with E-state index < -0.39 is 5.97 Å². The summed E-state index contributed by atoms with van der Waals surface area (Å²) in [4.78, 5) is 22.9. The molecule has 1 aromatic carbocycles. The summed E-state index contributed by atoms with van der Waals surface area (Å²) in [6, 6.07) is 10.2. The molecule has 0 saturated carbocycles. The van der Waals surface area contributed by atoms with Gasteiger partial charge >= 0.3 is 0 Å². The maximum absolute atomic E-state index is 11.7. The number of anilines is 1. The minimum atomic E-state index is -0.833. The molecule has 0 atom stereocenters. The minimum absolute atomic E-state index is 0.135. The number of carboxylic acid groups (broad SMARTS) is 1. The minimum Gasteiger partial charge on any atom is -0.481 e. The summed E-state index contributed by atoms with van der Waals surface area (Å²) < 4.78 is 0. The summed E-state index contributed by atoms with van der Waals surface area (Å²) in [5, 5.41) is 13.9. The molecule has 0 bridgehead atoms. The van der Waals surface area contributed by atoms with E-state index in [1.807, 2.05) is 18.2 Å². The standard InChI is InChI=1S/C13H17N3O.C2H4O2/c17-12-10-16(11-4-2-1-3-5-11)13(15-12)6-8-14-9-7-13;1-2(3)4/h1-5,14H,6-10H2,(H,15,17);1H3,(H,3,4). The van der Waals surface area contributed by atoms with Crippen molar-refractivity contribution < 1.29 is 14.7 Å². The summed E-state index contributed by atoms with van der Waals surface area (Å²) >= 11 is 0. The molecule has 2 heterocycles. The molecule has 114 valence electrons. The molecule has 2 fully saturated rings. The van der Waals surface area contributed by atoms with Crippen LogP contribution in [0.1, 0.15) is 19.8 Å². The fraction of sp³-hybridized carbons (Fsp3) is 0.467. The number of benzene rings is 1. The molecule has 1 amide bonds. The predicted molar refractivity (Wildman–Crippen MR) is 80.1 cm³/mol. The zero-order valence-corrected chi connectivity index (χ0v) is 12.1. The van der Waals surface area contributed by atoms with Crippen LogP contribution in [-0.4, -0.2) is 42.3 Å². The number of hydrogen-bond donors (Lipinski definition) is 3. The molecule has 21 heavy (non-hydrogen) atoms. The average molecular weight is 291 g/mol. The predicted octanol–water partition coefficient (Wildman–Crippen LogP) is 0.793. The molecule has 1 aromatic rings. The van der Waals surface area contributed by atoms with Gasteiger partial charge in [-0.2, -0.15) is 0 Å². The van der Waals surface area contributed by atoms with Gasteiger partial charge in [-0.25, -0.2) is 0 Å². The molecule has 6 heteroatoms. The topological polar surface area (TPSA) is 81.7 Å². The van der Waals surface area contributed by atoms with E-state index in [0.717, 1.165) is 38.5 Å². The summed E-state index contributed by atoms with van der Waals surface area (Å²) in [5.41, 5.74) is 0.969. The lowest BCUT2D eigenvalue weighted by molar-refractivity contribution is -0.134. The van der Waals surface area contributed by atoms with E-state index in [2.05, 4.69) is 27.7 Å². The van der Waals surface area contributed by atoms with Crippen LogP contribution in [0.4, 0.5) is 5.69 Å². The second-order valence-electron chi connectivity index (χ2n) is 5.27. The second kappa shape index (κ2) is 6.58. The van der Waals surface area contributed by atoms with E-state index in [9.17, 15) is 4.79 Å². The number of piperidine rings is 1. The van der Waals surface area contributed by atoms with Gasteiger partial charge in [0.25, 0.3) is 5.97 Å². The molecule has 0 aliphatic carbocycles. The van der Waals surface area contributed by atoms with Crippen LogP contribution in [0, 0.1) is 0 Å².